The largest absolute Gasteiger partial charge is 0.378 e. The maximum absolute atomic E-state index is 12.4. The van der Waals surface area contributed by atoms with Crippen LogP contribution < -0.4 is 14.9 Å². The summed E-state index contributed by atoms with van der Waals surface area (Å²) in [7, 11) is -2.26. The maximum Gasteiger partial charge on any atom is 0.251 e. The van der Waals surface area contributed by atoms with E-state index in [-0.39, 0.29) is 16.4 Å². The highest BCUT2D eigenvalue weighted by molar-refractivity contribution is 7.89. The summed E-state index contributed by atoms with van der Waals surface area (Å²) in [5.41, 5.74) is 1.20. The number of rotatable bonds is 6. The van der Waals surface area contributed by atoms with Gasteiger partial charge in [0, 0.05) is 31.4 Å². The number of nitrogens with zero attached hydrogens (tertiary/aromatic N) is 2. The van der Waals surface area contributed by atoms with Gasteiger partial charge >= 0.3 is 0 Å². The third-order valence-electron chi connectivity index (χ3n) is 4.27. The summed E-state index contributed by atoms with van der Waals surface area (Å²) in [4.78, 5) is 19.0. The van der Waals surface area contributed by atoms with Crippen molar-refractivity contribution >= 4 is 21.7 Å². The fourth-order valence-corrected chi connectivity index (χ4v) is 3.52. The molecule has 1 fully saturated rings. The lowest BCUT2D eigenvalue weighted by Crippen LogP contribution is -2.36. The molecule has 27 heavy (non-hydrogen) atoms. The monoisotopic (exact) mass is 390 g/mol. The number of aromatic nitrogens is 1. The predicted molar refractivity (Wildman–Crippen MR) is 101 cm³/mol. The van der Waals surface area contributed by atoms with Gasteiger partial charge in [0.05, 0.1) is 18.1 Å². The lowest BCUT2D eigenvalue weighted by molar-refractivity contribution is 0.0950. The van der Waals surface area contributed by atoms with Crippen molar-refractivity contribution in [2.75, 3.05) is 38.3 Å². The van der Waals surface area contributed by atoms with Gasteiger partial charge < -0.3 is 15.0 Å². The molecule has 2 aromatic rings. The summed E-state index contributed by atoms with van der Waals surface area (Å²) in [5.74, 6) is 0.514. The maximum atomic E-state index is 12.4. The van der Waals surface area contributed by atoms with Crippen molar-refractivity contribution in [3.8, 4) is 0 Å². The molecule has 0 unspecified atom stereocenters. The molecule has 1 aliphatic rings. The van der Waals surface area contributed by atoms with Gasteiger partial charge in [0.15, 0.2) is 0 Å². The Morgan fingerprint density at radius 1 is 1.22 bits per heavy atom. The van der Waals surface area contributed by atoms with Gasteiger partial charge in [-0.25, -0.2) is 18.1 Å². The lowest BCUT2D eigenvalue weighted by atomic mass is 10.2. The standard InChI is InChI=1S/C18H22N4O4S/c1-19-27(24,25)16-4-2-3-15(12-16)18(23)21-13-14-5-6-20-17(11-14)22-7-9-26-10-8-22/h2-6,11-12,19H,7-10,13H2,1H3,(H,21,23). The molecule has 1 aliphatic heterocycles. The number of morpholine rings is 1. The van der Waals surface area contributed by atoms with E-state index in [1.165, 1.54) is 19.2 Å². The molecular formula is C18H22N4O4S. The molecule has 0 radical (unpaired) electrons. The number of nitrogens with one attached hydrogen (secondary N) is 2. The van der Waals surface area contributed by atoms with E-state index in [1.54, 1.807) is 18.3 Å². The van der Waals surface area contributed by atoms with Gasteiger partial charge in [-0.15, -0.1) is 0 Å². The van der Waals surface area contributed by atoms with Crippen LogP contribution in [0.15, 0.2) is 47.5 Å². The van der Waals surface area contributed by atoms with Crippen molar-refractivity contribution in [3.63, 3.8) is 0 Å². The molecule has 0 spiro atoms. The van der Waals surface area contributed by atoms with Crippen LogP contribution in [0.2, 0.25) is 0 Å². The first-order valence-electron chi connectivity index (χ1n) is 8.59. The lowest BCUT2D eigenvalue weighted by Gasteiger charge is -2.28. The van der Waals surface area contributed by atoms with Gasteiger partial charge in [-0.05, 0) is 42.9 Å². The SMILES string of the molecule is CNS(=O)(=O)c1cccc(C(=O)NCc2ccnc(N3CCOCC3)c2)c1. The van der Waals surface area contributed by atoms with Crippen LogP contribution in [-0.4, -0.2) is 52.7 Å². The molecule has 1 amide bonds. The van der Waals surface area contributed by atoms with E-state index in [0.29, 0.717) is 19.8 Å². The van der Waals surface area contributed by atoms with Crippen LogP contribution in [0.4, 0.5) is 5.82 Å². The number of ether oxygens (including phenoxy) is 1. The number of carbonyl (C=O) groups excluding carboxylic acids is 1. The number of carbonyl (C=O) groups is 1. The van der Waals surface area contributed by atoms with Crippen molar-refractivity contribution in [2.45, 2.75) is 11.4 Å². The fraction of sp³-hybridized carbons (Fsp3) is 0.333. The third kappa shape index (κ3) is 4.82. The average Bonchev–Trinajstić information content (AvgIpc) is 2.73. The zero-order chi connectivity index (χ0) is 19.3. The Hall–Kier alpha value is -2.49. The summed E-state index contributed by atoms with van der Waals surface area (Å²) in [6, 6.07) is 9.70. The Morgan fingerprint density at radius 2 is 2.00 bits per heavy atom. The van der Waals surface area contributed by atoms with E-state index >= 15 is 0 Å². The van der Waals surface area contributed by atoms with Gasteiger partial charge in [-0.3, -0.25) is 4.79 Å². The summed E-state index contributed by atoms with van der Waals surface area (Å²) in [6.45, 7) is 3.25. The van der Waals surface area contributed by atoms with E-state index in [2.05, 4.69) is 19.9 Å². The number of pyridine rings is 1. The van der Waals surface area contributed by atoms with E-state index in [0.717, 1.165) is 24.5 Å². The first-order valence-corrected chi connectivity index (χ1v) is 10.1. The van der Waals surface area contributed by atoms with Crippen LogP contribution in [0.3, 0.4) is 0 Å². The number of hydrogen-bond acceptors (Lipinski definition) is 6. The number of sulfonamides is 1. The number of benzene rings is 1. The van der Waals surface area contributed by atoms with Gasteiger partial charge in [0.25, 0.3) is 5.91 Å². The van der Waals surface area contributed by atoms with E-state index in [4.69, 9.17) is 4.74 Å². The quantitative estimate of drug-likeness (QED) is 0.755. The minimum Gasteiger partial charge on any atom is -0.378 e. The van der Waals surface area contributed by atoms with Crippen LogP contribution in [0.25, 0.3) is 0 Å². The molecule has 2 heterocycles. The predicted octanol–water partition coefficient (Wildman–Crippen LogP) is 0.756. The Balaban J connectivity index is 1.67. The molecule has 0 saturated carbocycles. The van der Waals surface area contributed by atoms with Crippen LogP contribution >= 0.6 is 0 Å². The van der Waals surface area contributed by atoms with Gasteiger partial charge in [0.1, 0.15) is 5.82 Å². The molecule has 2 N–H and O–H groups in total. The van der Waals surface area contributed by atoms with Crippen molar-refractivity contribution in [2.24, 2.45) is 0 Å². The Bertz CT molecular complexity index is 911. The van der Waals surface area contributed by atoms with Crippen molar-refractivity contribution in [1.29, 1.82) is 0 Å². The van der Waals surface area contributed by atoms with Gasteiger partial charge in [-0.2, -0.15) is 0 Å². The summed E-state index contributed by atoms with van der Waals surface area (Å²) >= 11 is 0. The Morgan fingerprint density at radius 3 is 2.74 bits per heavy atom. The second-order valence-corrected chi connectivity index (χ2v) is 7.93. The molecule has 1 saturated heterocycles. The van der Waals surface area contributed by atoms with Crippen LogP contribution in [0, 0.1) is 0 Å². The van der Waals surface area contributed by atoms with E-state index in [1.807, 2.05) is 12.1 Å². The zero-order valence-electron chi connectivity index (χ0n) is 15.0. The van der Waals surface area contributed by atoms with Crippen LogP contribution in [-0.2, 0) is 21.3 Å². The minimum atomic E-state index is -3.59. The van der Waals surface area contributed by atoms with Crippen molar-refractivity contribution in [3.05, 3.63) is 53.7 Å². The smallest absolute Gasteiger partial charge is 0.251 e. The molecule has 0 aliphatic carbocycles. The van der Waals surface area contributed by atoms with E-state index < -0.39 is 10.0 Å². The highest BCUT2D eigenvalue weighted by Gasteiger charge is 2.15. The summed E-state index contributed by atoms with van der Waals surface area (Å²) < 4.78 is 31.3. The number of hydrogen-bond donors (Lipinski definition) is 2. The molecule has 3 rings (SSSR count). The molecule has 1 aromatic carbocycles. The van der Waals surface area contributed by atoms with Crippen molar-refractivity contribution in [1.82, 2.24) is 15.0 Å². The highest BCUT2D eigenvalue weighted by Crippen LogP contribution is 2.15. The van der Waals surface area contributed by atoms with Crippen LogP contribution in [0.5, 0.6) is 0 Å². The normalized spacial score (nSPS) is 14.8. The highest BCUT2D eigenvalue weighted by atomic mass is 32.2. The molecule has 144 valence electrons. The average molecular weight is 390 g/mol. The third-order valence-corrected chi connectivity index (χ3v) is 5.69. The molecule has 8 nitrogen and oxygen atoms in total. The molecular weight excluding hydrogens is 368 g/mol. The first kappa shape index (κ1) is 19.3. The molecule has 9 heteroatoms. The number of amides is 1. The summed E-state index contributed by atoms with van der Waals surface area (Å²) in [5, 5.41) is 2.82. The minimum absolute atomic E-state index is 0.0520. The first-order chi connectivity index (χ1) is 13.0. The number of anilines is 1. The van der Waals surface area contributed by atoms with Crippen LogP contribution in [0.1, 0.15) is 15.9 Å². The zero-order valence-corrected chi connectivity index (χ0v) is 15.8. The molecule has 0 atom stereocenters. The molecule has 0 bridgehead atoms. The summed E-state index contributed by atoms with van der Waals surface area (Å²) in [6.07, 6.45) is 1.71. The Kier molecular flexibility index (Phi) is 6.04. The Labute approximate surface area is 158 Å². The second kappa shape index (κ2) is 8.47. The fourth-order valence-electron chi connectivity index (χ4n) is 2.74. The van der Waals surface area contributed by atoms with Crippen molar-refractivity contribution < 1.29 is 17.9 Å². The second-order valence-electron chi connectivity index (χ2n) is 6.04. The topological polar surface area (TPSA) is 101 Å². The van der Waals surface area contributed by atoms with Gasteiger partial charge in [0.2, 0.25) is 10.0 Å². The van der Waals surface area contributed by atoms with Gasteiger partial charge in [-0.1, -0.05) is 6.07 Å². The molecule has 1 aromatic heterocycles. The van der Waals surface area contributed by atoms with E-state index in [9.17, 15) is 13.2 Å².